The molecule has 0 N–H and O–H groups in total. The Labute approximate surface area is 145 Å². The molecule has 0 aliphatic carbocycles. The Morgan fingerprint density at radius 3 is 2.64 bits per heavy atom. The molecule has 128 valence electrons. The predicted molar refractivity (Wildman–Crippen MR) is 92.3 cm³/mol. The lowest BCUT2D eigenvalue weighted by molar-refractivity contribution is 0.0982. The third kappa shape index (κ3) is 3.40. The molecule has 7 heteroatoms. The molecular weight excluding hydrogens is 321 g/mol. The molecule has 0 aliphatic heterocycles. The Morgan fingerprint density at radius 1 is 1.20 bits per heavy atom. The number of benzene rings is 1. The average Bonchev–Trinajstić information content (AvgIpc) is 3.05. The van der Waals surface area contributed by atoms with Crippen molar-refractivity contribution in [1.82, 2.24) is 19.7 Å². The summed E-state index contributed by atoms with van der Waals surface area (Å²) in [4.78, 5) is 22.5. The Balaban J connectivity index is 1.99. The molecule has 0 spiro atoms. The smallest absolute Gasteiger partial charge is 0.293 e. The second-order valence-electron chi connectivity index (χ2n) is 5.52. The molecule has 0 saturated heterocycles. The van der Waals surface area contributed by atoms with E-state index in [1.807, 2.05) is 6.92 Å². The van der Waals surface area contributed by atoms with E-state index < -0.39 is 11.7 Å². The lowest BCUT2D eigenvalue weighted by Gasteiger charge is -2.13. The maximum absolute atomic E-state index is 14.1. The number of halogens is 1. The van der Waals surface area contributed by atoms with Crippen molar-refractivity contribution in [3.8, 4) is 5.69 Å². The second-order valence-corrected chi connectivity index (χ2v) is 5.52. The number of rotatable bonds is 5. The van der Waals surface area contributed by atoms with E-state index in [1.54, 1.807) is 49.6 Å². The van der Waals surface area contributed by atoms with Gasteiger partial charge in [-0.15, -0.1) is 5.10 Å². The molecule has 0 aliphatic rings. The second kappa shape index (κ2) is 7.21. The van der Waals surface area contributed by atoms with Crippen LogP contribution < -0.4 is 4.90 Å². The van der Waals surface area contributed by atoms with Gasteiger partial charge in [0.15, 0.2) is 0 Å². The van der Waals surface area contributed by atoms with Crippen molar-refractivity contribution < 1.29 is 9.18 Å². The van der Waals surface area contributed by atoms with E-state index in [-0.39, 0.29) is 11.5 Å². The first-order valence-electron chi connectivity index (χ1n) is 8.01. The zero-order chi connectivity index (χ0) is 17.8. The molecule has 0 bridgehead atoms. The van der Waals surface area contributed by atoms with Gasteiger partial charge in [-0.2, -0.15) is 0 Å². The summed E-state index contributed by atoms with van der Waals surface area (Å²) >= 11 is 0. The van der Waals surface area contributed by atoms with E-state index in [0.717, 1.165) is 6.42 Å². The van der Waals surface area contributed by atoms with Crippen LogP contribution in [0.2, 0.25) is 0 Å². The Morgan fingerprint density at radius 2 is 1.96 bits per heavy atom. The van der Waals surface area contributed by atoms with E-state index in [4.69, 9.17) is 0 Å². The highest BCUT2D eigenvalue weighted by atomic mass is 19.1. The number of aryl methyl sites for hydroxylation is 1. The molecule has 0 radical (unpaired) electrons. The number of carbonyl (C=O) groups excluding carboxylic acids is 1. The molecule has 25 heavy (non-hydrogen) atoms. The van der Waals surface area contributed by atoms with Gasteiger partial charge in [-0.25, -0.2) is 19.0 Å². The monoisotopic (exact) mass is 339 g/mol. The van der Waals surface area contributed by atoms with Crippen LogP contribution in [0.15, 0.2) is 48.7 Å². The Bertz CT molecular complexity index is 878. The first-order chi connectivity index (χ1) is 12.1. The molecule has 0 saturated carbocycles. The third-order valence-corrected chi connectivity index (χ3v) is 3.72. The number of aromatic nitrogens is 4. The van der Waals surface area contributed by atoms with E-state index in [1.165, 1.54) is 15.6 Å². The van der Waals surface area contributed by atoms with Crippen molar-refractivity contribution in [3.63, 3.8) is 0 Å². The van der Waals surface area contributed by atoms with Crippen LogP contribution in [0.1, 0.15) is 29.8 Å². The minimum atomic E-state index is -0.415. The molecule has 3 rings (SSSR count). The van der Waals surface area contributed by atoms with Crippen LogP contribution in [0, 0.1) is 5.82 Å². The molecule has 1 aromatic carbocycles. The van der Waals surface area contributed by atoms with E-state index in [2.05, 4.69) is 15.1 Å². The van der Waals surface area contributed by atoms with Gasteiger partial charge in [0, 0.05) is 19.7 Å². The highest BCUT2D eigenvalue weighted by molar-refractivity contribution is 6.02. The summed E-state index contributed by atoms with van der Waals surface area (Å²) in [7, 11) is 1.61. The number of para-hydroxylation sites is 1. The lowest BCUT2D eigenvalue weighted by atomic mass is 10.3. The van der Waals surface area contributed by atoms with Crippen LogP contribution in [0.3, 0.4) is 0 Å². The van der Waals surface area contributed by atoms with Gasteiger partial charge in [0.25, 0.3) is 5.91 Å². The molecule has 3 aromatic rings. The van der Waals surface area contributed by atoms with Crippen molar-refractivity contribution >= 4 is 11.7 Å². The SMILES string of the molecule is CCCc1nc(C(=O)N(C)c2ccccn2)nn1-c1ccccc1F. The van der Waals surface area contributed by atoms with Crippen LogP contribution in [0.5, 0.6) is 0 Å². The number of nitrogens with zero attached hydrogens (tertiary/aromatic N) is 5. The van der Waals surface area contributed by atoms with Crippen molar-refractivity contribution in [1.29, 1.82) is 0 Å². The normalized spacial score (nSPS) is 10.7. The summed E-state index contributed by atoms with van der Waals surface area (Å²) in [6, 6.07) is 11.6. The van der Waals surface area contributed by atoms with Gasteiger partial charge in [-0.3, -0.25) is 9.69 Å². The quantitative estimate of drug-likeness (QED) is 0.717. The van der Waals surface area contributed by atoms with Gasteiger partial charge in [0.1, 0.15) is 23.1 Å². The number of carbonyl (C=O) groups is 1. The van der Waals surface area contributed by atoms with Crippen LogP contribution >= 0.6 is 0 Å². The van der Waals surface area contributed by atoms with Crippen molar-refractivity contribution in [2.45, 2.75) is 19.8 Å². The zero-order valence-corrected chi connectivity index (χ0v) is 14.1. The number of pyridine rings is 1. The highest BCUT2D eigenvalue weighted by Crippen LogP contribution is 2.17. The van der Waals surface area contributed by atoms with Gasteiger partial charge >= 0.3 is 0 Å². The van der Waals surface area contributed by atoms with Crippen LogP contribution in [-0.2, 0) is 6.42 Å². The number of hydrogen-bond donors (Lipinski definition) is 0. The first-order valence-corrected chi connectivity index (χ1v) is 8.01. The molecule has 0 unspecified atom stereocenters. The summed E-state index contributed by atoms with van der Waals surface area (Å²) in [5, 5.41) is 4.25. The molecule has 2 aromatic heterocycles. The Kier molecular flexibility index (Phi) is 4.83. The van der Waals surface area contributed by atoms with Gasteiger partial charge < -0.3 is 0 Å². The van der Waals surface area contributed by atoms with Gasteiger partial charge in [-0.1, -0.05) is 25.1 Å². The molecule has 1 amide bonds. The molecule has 0 fully saturated rings. The summed E-state index contributed by atoms with van der Waals surface area (Å²) in [6.07, 6.45) is 2.99. The van der Waals surface area contributed by atoms with E-state index >= 15 is 0 Å². The van der Waals surface area contributed by atoms with Crippen LogP contribution in [-0.4, -0.2) is 32.7 Å². The fraction of sp³-hybridized carbons (Fsp3) is 0.222. The van der Waals surface area contributed by atoms with E-state index in [9.17, 15) is 9.18 Å². The maximum atomic E-state index is 14.1. The van der Waals surface area contributed by atoms with Gasteiger partial charge in [-0.05, 0) is 30.7 Å². The first kappa shape index (κ1) is 16.8. The Hall–Kier alpha value is -3.09. The molecule has 2 heterocycles. The largest absolute Gasteiger partial charge is 0.298 e. The lowest BCUT2D eigenvalue weighted by Crippen LogP contribution is -2.28. The topological polar surface area (TPSA) is 63.9 Å². The fourth-order valence-corrected chi connectivity index (χ4v) is 2.44. The molecule has 6 nitrogen and oxygen atoms in total. The molecular formula is C18H18FN5O. The van der Waals surface area contributed by atoms with E-state index in [0.29, 0.717) is 18.1 Å². The van der Waals surface area contributed by atoms with Crippen molar-refractivity contribution in [2.24, 2.45) is 0 Å². The average molecular weight is 339 g/mol. The number of hydrogen-bond acceptors (Lipinski definition) is 4. The van der Waals surface area contributed by atoms with Crippen LogP contribution in [0.4, 0.5) is 10.2 Å². The molecule has 0 atom stereocenters. The van der Waals surface area contributed by atoms with Crippen molar-refractivity contribution in [2.75, 3.05) is 11.9 Å². The number of anilines is 1. The van der Waals surface area contributed by atoms with Gasteiger partial charge in [0.2, 0.25) is 5.82 Å². The maximum Gasteiger partial charge on any atom is 0.298 e. The third-order valence-electron chi connectivity index (χ3n) is 3.72. The summed E-state index contributed by atoms with van der Waals surface area (Å²) in [6.45, 7) is 1.99. The summed E-state index contributed by atoms with van der Waals surface area (Å²) in [5.41, 5.74) is 0.276. The minimum absolute atomic E-state index is 0.0138. The zero-order valence-electron chi connectivity index (χ0n) is 14.1. The standard InChI is InChI=1S/C18H18FN5O/c1-3-8-16-21-17(18(25)23(2)15-11-6-7-12-20-15)22-24(16)14-10-5-4-9-13(14)19/h4-7,9-12H,3,8H2,1-2H3. The predicted octanol–water partition coefficient (Wildman–Crippen LogP) is 3.03. The highest BCUT2D eigenvalue weighted by Gasteiger charge is 2.22. The van der Waals surface area contributed by atoms with Gasteiger partial charge in [0.05, 0.1) is 0 Å². The summed E-state index contributed by atoms with van der Waals surface area (Å²) in [5.74, 6) is 0.241. The number of amides is 1. The van der Waals surface area contributed by atoms with Crippen LogP contribution in [0.25, 0.3) is 5.69 Å². The van der Waals surface area contributed by atoms with Crippen molar-refractivity contribution in [3.05, 3.63) is 66.1 Å². The summed E-state index contributed by atoms with van der Waals surface area (Å²) < 4.78 is 15.5. The minimum Gasteiger partial charge on any atom is -0.293 e. The fourth-order valence-electron chi connectivity index (χ4n) is 2.44.